The molecule has 17 heavy (non-hydrogen) atoms. The quantitative estimate of drug-likeness (QED) is 0.867. The van der Waals surface area contributed by atoms with Crippen molar-refractivity contribution in [3.05, 3.63) is 57.7 Å². The van der Waals surface area contributed by atoms with E-state index in [1.54, 1.807) is 12.3 Å². The number of hydrogen-bond donors (Lipinski definition) is 0. The molecule has 0 fully saturated rings. The lowest BCUT2D eigenvalue weighted by atomic mass is 10.3. The van der Waals surface area contributed by atoms with Crippen LogP contribution in [0.3, 0.4) is 0 Å². The van der Waals surface area contributed by atoms with Crippen LogP contribution < -0.4 is 10.4 Å². The van der Waals surface area contributed by atoms with Gasteiger partial charge in [0, 0.05) is 16.9 Å². The first kappa shape index (κ1) is 11.9. The first-order valence-electron chi connectivity index (χ1n) is 5.15. The highest BCUT2D eigenvalue weighted by Crippen LogP contribution is 2.17. The summed E-state index contributed by atoms with van der Waals surface area (Å²) in [6, 6.07) is 9.30. The lowest BCUT2D eigenvalue weighted by molar-refractivity contribution is 0.295. The van der Waals surface area contributed by atoms with E-state index in [1.807, 2.05) is 24.3 Å². The van der Waals surface area contributed by atoms with Crippen molar-refractivity contribution in [1.29, 1.82) is 0 Å². The molecule has 0 spiro atoms. The Hall–Kier alpha value is -1.62. The molecule has 2 aromatic rings. The van der Waals surface area contributed by atoms with E-state index in [-0.39, 0.29) is 5.69 Å². The summed E-state index contributed by atoms with van der Waals surface area (Å²) in [5.41, 5.74) is -0.259. The standard InChI is InChI=1S/C12H11BrN2O2/c13-10-3-1-4-11(9-10)17-8-7-15-6-2-5-14-12(15)16/h1-6,9H,7-8H2. The molecule has 0 amide bonds. The van der Waals surface area contributed by atoms with E-state index in [0.717, 1.165) is 10.2 Å². The minimum Gasteiger partial charge on any atom is -0.492 e. The van der Waals surface area contributed by atoms with Gasteiger partial charge in [-0.05, 0) is 24.3 Å². The highest BCUT2D eigenvalue weighted by atomic mass is 79.9. The van der Waals surface area contributed by atoms with Gasteiger partial charge in [0.2, 0.25) is 0 Å². The number of aromatic nitrogens is 2. The Morgan fingerprint density at radius 1 is 1.35 bits per heavy atom. The van der Waals surface area contributed by atoms with Gasteiger partial charge in [-0.1, -0.05) is 22.0 Å². The minimum absolute atomic E-state index is 0.259. The Balaban J connectivity index is 1.92. The molecule has 0 bridgehead atoms. The van der Waals surface area contributed by atoms with E-state index >= 15 is 0 Å². The summed E-state index contributed by atoms with van der Waals surface area (Å²) in [4.78, 5) is 15.0. The molecule has 1 heterocycles. The van der Waals surface area contributed by atoms with E-state index in [9.17, 15) is 4.79 Å². The molecule has 0 N–H and O–H groups in total. The van der Waals surface area contributed by atoms with E-state index < -0.39 is 0 Å². The number of ether oxygens (including phenoxy) is 1. The third-order valence-electron chi connectivity index (χ3n) is 2.18. The van der Waals surface area contributed by atoms with Crippen molar-refractivity contribution in [3.63, 3.8) is 0 Å². The van der Waals surface area contributed by atoms with Gasteiger partial charge in [0.1, 0.15) is 12.4 Å². The molecule has 0 aliphatic rings. The van der Waals surface area contributed by atoms with E-state index in [4.69, 9.17) is 4.74 Å². The van der Waals surface area contributed by atoms with Crippen LogP contribution in [0.2, 0.25) is 0 Å². The van der Waals surface area contributed by atoms with Crippen LogP contribution in [-0.4, -0.2) is 16.2 Å². The zero-order chi connectivity index (χ0) is 12.1. The van der Waals surface area contributed by atoms with Gasteiger partial charge in [-0.25, -0.2) is 9.78 Å². The van der Waals surface area contributed by atoms with Crippen LogP contribution in [0.4, 0.5) is 0 Å². The minimum atomic E-state index is -0.259. The maximum absolute atomic E-state index is 11.3. The molecule has 88 valence electrons. The Morgan fingerprint density at radius 2 is 2.24 bits per heavy atom. The molecule has 2 rings (SSSR count). The van der Waals surface area contributed by atoms with Crippen molar-refractivity contribution in [2.45, 2.75) is 6.54 Å². The van der Waals surface area contributed by atoms with Gasteiger partial charge in [0.15, 0.2) is 0 Å². The second-order valence-electron chi connectivity index (χ2n) is 3.40. The molecule has 1 aromatic heterocycles. The summed E-state index contributed by atoms with van der Waals surface area (Å²) >= 11 is 3.37. The predicted octanol–water partition coefficient (Wildman–Crippen LogP) is 2.08. The fraction of sp³-hybridized carbons (Fsp3) is 0.167. The van der Waals surface area contributed by atoms with Gasteiger partial charge in [-0.2, -0.15) is 0 Å². The Labute approximate surface area is 107 Å². The van der Waals surface area contributed by atoms with Crippen LogP contribution >= 0.6 is 15.9 Å². The molecule has 0 aliphatic heterocycles. The monoisotopic (exact) mass is 294 g/mol. The maximum Gasteiger partial charge on any atom is 0.347 e. The number of hydrogen-bond acceptors (Lipinski definition) is 3. The zero-order valence-electron chi connectivity index (χ0n) is 9.04. The smallest absolute Gasteiger partial charge is 0.347 e. The van der Waals surface area contributed by atoms with Crippen molar-refractivity contribution >= 4 is 15.9 Å². The van der Waals surface area contributed by atoms with Gasteiger partial charge >= 0.3 is 5.69 Å². The van der Waals surface area contributed by atoms with Crippen LogP contribution in [0, 0.1) is 0 Å². The SMILES string of the molecule is O=c1ncccn1CCOc1cccc(Br)c1. The van der Waals surface area contributed by atoms with Crippen molar-refractivity contribution < 1.29 is 4.74 Å². The molecule has 1 aromatic carbocycles. The first-order valence-corrected chi connectivity index (χ1v) is 5.95. The van der Waals surface area contributed by atoms with Gasteiger partial charge in [-0.15, -0.1) is 0 Å². The molecule has 0 saturated carbocycles. The Morgan fingerprint density at radius 3 is 3.00 bits per heavy atom. The van der Waals surface area contributed by atoms with Crippen LogP contribution in [0.5, 0.6) is 5.75 Å². The Kier molecular flexibility index (Phi) is 3.93. The van der Waals surface area contributed by atoms with Crippen molar-refractivity contribution in [2.75, 3.05) is 6.61 Å². The van der Waals surface area contributed by atoms with Crippen LogP contribution in [0.25, 0.3) is 0 Å². The number of halogens is 1. The van der Waals surface area contributed by atoms with Crippen LogP contribution in [0.1, 0.15) is 0 Å². The molecule has 0 radical (unpaired) electrons. The molecule has 5 heteroatoms. The van der Waals surface area contributed by atoms with Gasteiger partial charge in [0.25, 0.3) is 0 Å². The molecule has 0 atom stereocenters. The summed E-state index contributed by atoms with van der Waals surface area (Å²) in [5, 5.41) is 0. The average Bonchev–Trinajstić information content (AvgIpc) is 2.32. The second kappa shape index (κ2) is 5.63. The van der Waals surface area contributed by atoms with E-state index in [2.05, 4.69) is 20.9 Å². The maximum atomic E-state index is 11.3. The summed E-state index contributed by atoms with van der Waals surface area (Å²) in [5.74, 6) is 0.774. The number of rotatable bonds is 4. The molecule has 4 nitrogen and oxygen atoms in total. The lowest BCUT2D eigenvalue weighted by Gasteiger charge is -2.07. The largest absolute Gasteiger partial charge is 0.492 e. The summed E-state index contributed by atoms with van der Waals surface area (Å²) in [6.45, 7) is 0.918. The van der Waals surface area contributed by atoms with Crippen LogP contribution in [0.15, 0.2) is 52.0 Å². The summed E-state index contributed by atoms with van der Waals surface area (Å²) in [7, 11) is 0. The van der Waals surface area contributed by atoms with Gasteiger partial charge in [0.05, 0.1) is 6.54 Å². The van der Waals surface area contributed by atoms with Crippen LogP contribution in [-0.2, 0) is 6.54 Å². The topological polar surface area (TPSA) is 44.1 Å². The third kappa shape index (κ3) is 3.42. The van der Waals surface area contributed by atoms with Crippen molar-refractivity contribution in [3.8, 4) is 5.75 Å². The summed E-state index contributed by atoms with van der Waals surface area (Å²) in [6.07, 6.45) is 3.17. The molecule has 0 saturated heterocycles. The highest BCUT2D eigenvalue weighted by molar-refractivity contribution is 9.10. The van der Waals surface area contributed by atoms with E-state index in [0.29, 0.717) is 13.2 Å². The van der Waals surface area contributed by atoms with Gasteiger partial charge < -0.3 is 4.74 Å². The number of nitrogens with zero attached hydrogens (tertiary/aromatic N) is 2. The lowest BCUT2D eigenvalue weighted by Crippen LogP contribution is -2.24. The molecule has 0 aliphatic carbocycles. The third-order valence-corrected chi connectivity index (χ3v) is 2.67. The second-order valence-corrected chi connectivity index (χ2v) is 4.32. The fourth-order valence-corrected chi connectivity index (χ4v) is 1.75. The molecular formula is C12H11BrN2O2. The first-order chi connectivity index (χ1) is 8.25. The predicted molar refractivity (Wildman–Crippen MR) is 68.1 cm³/mol. The van der Waals surface area contributed by atoms with Crippen molar-refractivity contribution in [1.82, 2.24) is 9.55 Å². The summed E-state index contributed by atoms with van der Waals surface area (Å²) < 4.78 is 8.01. The zero-order valence-corrected chi connectivity index (χ0v) is 10.6. The molecule has 0 unspecified atom stereocenters. The van der Waals surface area contributed by atoms with E-state index in [1.165, 1.54) is 10.8 Å². The number of benzene rings is 1. The normalized spacial score (nSPS) is 10.2. The average molecular weight is 295 g/mol. The van der Waals surface area contributed by atoms with Gasteiger partial charge in [-0.3, -0.25) is 4.57 Å². The highest BCUT2D eigenvalue weighted by Gasteiger charge is 1.97. The molecular weight excluding hydrogens is 284 g/mol. The Bertz CT molecular complexity index is 554. The van der Waals surface area contributed by atoms with Crippen molar-refractivity contribution in [2.24, 2.45) is 0 Å². The fourth-order valence-electron chi connectivity index (χ4n) is 1.38.